The third kappa shape index (κ3) is 3.97. The van der Waals surface area contributed by atoms with Gasteiger partial charge in [0.05, 0.1) is 32.8 Å². The standard InChI is InChI=1S/C44H28N2S/c1-2-14-31-28-32(26-24-29(31)12-1)45(41-22-11-19-37-36-18-7-10-23-42(36)47-44(37)41)43-33-15-4-3-13-30(33)25-27-40(43)46-38-20-8-5-16-34(38)35-17-6-9-21-39(35)46/h1-28H. The van der Waals surface area contributed by atoms with E-state index >= 15 is 0 Å². The molecule has 0 fully saturated rings. The van der Waals surface area contributed by atoms with Crippen molar-refractivity contribution in [1.82, 2.24) is 4.57 Å². The third-order valence-electron chi connectivity index (χ3n) is 9.54. The summed E-state index contributed by atoms with van der Waals surface area (Å²) in [6.45, 7) is 0. The van der Waals surface area contributed by atoms with Gasteiger partial charge in [-0.15, -0.1) is 11.3 Å². The lowest BCUT2D eigenvalue weighted by molar-refractivity contribution is 1.16. The van der Waals surface area contributed by atoms with E-state index in [-0.39, 0.29) is 0 Å². The normalized spacial score (nSPS) is 11.8. The highest BCUT2D eigenvalue weighted by Crippen LogP contribution is 2.49. The zero-order valence-electron chi connectivity index (χ0n) is 25.5. The monoisotopic (exact) mass is 616 g/mol. The number of nitrogens with zero attached hydrogens (tertiary/aromatic N) is 2. The van der Waals surface area contributed by atoms with Crippen molar-refractivity contribution >= 4 is 91.9 Å². The van der Waals surface area contributed by atoms with E-state index in [1.54, 1.807) is 0 Å². The summed E-state index contributed by atoms with van der Waals surface area (Å²) < 4.78 is 5.04. The molecule has 0 N–H and O–H groups in total. The average molecular weight is 617 g/mol. The topological polar surface area (TPSA) is 8.17 Å². The molecule has 47 heavy (non-hydrogen) atoms. The van der Waals surface area contributed by atoms with Gasteiger partial charge >= 0.3 is 0 Å². The van der Waals surface area contributed by atoms with Crippen LogP contribution < -0.4 is 4.90 Å². The summed E-state index contributed by atoms with van der Waals surface area (Å²) in [5, 5.41) is 9.96. The Morgan fingerprint density at radius 2 is 1.02 bits per heavy atom. The average Bonchev–Trinajstić information content (AvgIpc) is 3.68. The van der Waals surface area contributed by atoms with Gasteiger partial charge in [0.15, 0.2) is 0 Å². The minimum Gasteiger partial charge on any atom is -0.307 e. The lowest BCUT2D eigenvalue weighted by Crippen LogP contribution is -2.14. The lowest BCUT2D eigenvalue weighted by Gasteiger charge is -2.30. The van der Waals surface area contributed by atoms with Gasteiger partial charge in [-0.1, -0.05) is 127 Å². The van der Waals surface area contributed by atoms with Crippen molar-refractivity contribution in [3.8, 4) is 5.69 Å². The van der Waals surface area contributed by atoms with Crippen LogP contribution in [0.25, 0.3) is 69.2 Å². The van der Waals surface area contributed by atoms with Crippen molar-refractivity contribution < 1.29 is 0 Å². The van der Waals surface area contributed by atoms with Crippen molar-refractivity contribution in [1.29, 1.82) is 0 Å². The fourth-order valence-electron chi connectivity index (χ4n) is 7.45. The van der Waals surface area contributed by atoms with Gasteiger partial charge in [0.25, 0.3) is 0 Å². The molecule has 8 aromatic carbocycles. The van der Waals surface area contributed by atoms with Gasteiger partial charge < -0.3 is 9.47 Å². The van der Waals surface area contributed by atoms with Gasteiger partial charge in [-0.05, 0) is 58.6 Å². The van der Waals surface area contributed by atoms with E-state index in [9.17, 15) is 0 Å². The van der Waals surface area contributed by atoms with E-state index in [0.29, 0.717) is 0 Å². The van der Waals surface area contributed by atoms with Gasteiger partial charge in [0.2, 0.25) is 0 Å². The SMILES string of the molecule is c1ccc2cc(N(c3c(-n4c5ccccc5c5ccccc54)ccc4ccccc34)c3cccc4c3sc3ccccc34)ccc2c1. The van der Waals surface area contributed by atoms with E-state index in [1.807, 2.05) is 11.3 Å². The number of anilines is 3. The number of fused-ring (bicyclic) bond motifs is 8. The van der Waals surface area contributed by atoms with Crippen molar-refractivity contribution in [2.75, 3.05) is 4.90 Å². The number of rotatable bonds is 4. The van der Waals surface area contributed by atoms with Crippen LogP contribution in [0.2, 0.25) is 0 Å². The Bertz CT molecular complexity index is 2770. The molecule has 0 unspecified atom stereocenters. The zero-order valence-corrected chi connectivity index (χ0v) is 26.3. The summed E-state index contributed by atoms with van der Waals surface area (Å²) in [6, 6.07) is 62.1. The fourth-order valence-corrected chi connectivity index (χ4v) is 8.66. The molecule has 0 aliphatic rings. The van der Waals surface area contributed by atoms with Gasteiger partial charge in [-0.3, -0.25) is 0 Å². The van der Waals surface area contributed by atoms with E-state index in [2.05, 4.69) is 179 Å². The second kappa shape index (κ2) is 10.3. The highest BCUT2D eigenvalue weighted by Gasteiger charge is 2.25. The van der Waals surface area contributed by atoms with Crippen molar-refractivity contribution in [2.45, 2.75) is 0 Å². The van der Waals surface area contributed by atoms with Gasteiger partial charge in [0.1, 0.15) is 0 Å². The molecule has 2 aromatic heterocycles. The maximum atomic E-state index is 2.52. The molecule has 0 aliphatic carbocycles. The van der Waals surface area contributed by atoms with Crippen LogP contribution in [0.5, 0.6) is 0 Å². The van der Waals surface area contributed by atoms with Crippen LogP contribution in [-0.4, -0.2) is 4.57 Å². The molecule has 3 heteroatoms. The van der Waals surface area contributed by atoms with E-state index in [1.165, 1.54) is 69.2 Å². The number of para-hydroxylation sites is 2. The summed E-state index contributed by atoms with van der Waals surface area (Å²) in [5.74, 6) is 0. The molecule has 10 rings (SSSR count). The molecule has 0 spiro atoms. The van der Waals surface area contributed by atoms with Gasteiger partial charge in [0, 0.05) is 37.3 Å². The molecule has 0 bridgehead atoms. The number of thiophene rings is 1. The largest absolute Gasteiger partial charge is 0.307 e. The molecule has 2 heterocycles. The van der Waals surface area contributed by atoms with Crippen LogP contribution in [0.3, 0.4) is 0 Å². The van der Waals surface area contributed by atoms with Crippen molar-refractivity contribution in [3.63, 3.8) is 0 Å². The molecule has 0 saturated carbocycles. The molecule has 2 nitrogen and oxygen atoms in total. The van der Waals surface area contributed by atoms with Crippen LogP contribution in [0.1, 0.15) is 0 Å². The molecule has 10 aromatic rings. The number of hydrogen-bond acceptors (Lipinski definition) is 2. The van der Waals surface area contributed by atoms with Crippen LogP contribution >= 0.6 is 11.3 Å². The summed E-state index contributed by atoms with van der Waals surface area (Å²) in [7, 11) is 0. The molecule has 0 saturated heterocycles. The Kier molecular flexibility index (Phi) is 5.78. The van der Waals surface area contributed by atoms with E-state index in [0.717, 1.165) is 17.1 Å². The number of aromatic nitrogens is 1. The Balaban J connectivity index is 1.39. The van der Waals surface area contributed by atoms with E-state index < -0.39 is 0 Å². The fraction of sp³-hybridized carbons (Fsp3) is 0. The van der Waals surface area contributed by atoms with Crippen LogP contribution in [0.4, 0.5) is 17.1 Å². The highest BCUT2D eigenvalue weighted by atomic mass is 32.1. The van der Waals surface area contributed by atoms with Crippen LogP contribution in [-0.2, 0) is 0 Å². The van der Waals surface area contributed by atoms with Gasteiger partial charge in [-0.2, -0.15) is 0 Å². The quantitative estimate of drug-likeness (QED) is 0.191. The van der Waals surface area contributed by atoms with Crippen molar-refractivity contribution in [3.05, 3.63) is 170 Å². The molecule has 0 radical (unpaired) electrons. The summed E-state index contributed by atoms with van der Waals surface area (Å²) in [6.07, 6.45) is 0. The first kappa shape index (κ1) is 26.3. The molecule has 0 atom stereocenters. The Morgan fingerprint density at radius 1 is 0.426 bits per heavy atom. The van der Waals surface area contributed by atoms with Crippen molar-refractivity contribution in [2.24, 2.45) is 0 Å². The Hall–Kier alpha value is -5.90. The molecular weight excluding hydrogens is 589 g/mol. The molecule has 0 aliphatic heterocycles. The lowest BCUT2D eigenvalue weighted by atomic mass is 10.0. The Morgan fingerprint density at radius 3 is 1.81 bits per heavy atom. The molecule has 220 valence electrons. The maximum Gasteiger partial charge on any atom is 0.0781 e. The predicted octanol–water partition coefficient (Wildman–Crippen LogP) is 12.9. The first-order valence-corrected chi connectivity index (χ1v) is 16.8. The highest BCUT2D eigenvalue weighted by molar-refractivity contribution is 7.26. The first-order chi connectivity index (χ1) is 23.3. The minimum atomic E-state index is 1.13. The number of benzene rings is 8. The first-order valence-electron chi connectivity index (χ1n) is 16.0. The smallest absolute Gasteiger partial charge is 0.0781 e. The Labute approximate surface area is 276 Å². The van der Waals surface area contributed by atoms with Gasteiger partial charge in [-0.25, -0.2) is 0 Å². The summed E-state index contributed by atoms with van der Waals surface area (Å²) >= 11 is 1.87. The second-order valence-electron chi connectivity index (χ2n) is 12.1. The molecular formula is C44H28N2S. The minimum absolute atomic E-state index is 1.13. The van der Waals surface area contributed by atoms with Crippen LogP contribution in [0.15, 0.2) is 170 Å². The summed E-state index contributed by atoms with van der Waals surface area (Å²) in [5.41, 5.74) is 7.01. The number of hydrogen-bond donors (Lipinski definition) is 0. The zero-order chi connectivity index (χ0) is 30.9. The maximum absolute atomic E-state index is 2.52. The summed E-state index contributed by atoms with van der Waals surface area (Å²) in [4.78, 5) is 2.52. The van der Waals surface area contributed by atoms with E-state index in [4.69, 9.17) is 0 Å². The second-order valence-corrected chi connectivity index (χ2v) is 13.2. The molecule has 0 amide bonds. The van der Waals surface area contributed by atoms with Crippen LogP contribution in [0, 0.1) is 0 Å². The third-order valence-corrected chi connectivity index (χ3v) is 10.7. The predicted molar refractivity (Wildman–Crippen MR) is 203 cm³/mol.